The lowest BCUT2D eigenvalue weighted by Gasteiger charge is -2.20. The Kier molecular flexibility index (Phi) is 5.36. The number of thioether (sulfide) groups is 1. The number of benzene rings is 2. The number of hydrogen-bond acceptors (Lipinski definition) is 5. The first-order valence-corrected chi connectivity index (χ1v) is 9.58. The average Bonchev–Trinajstić information content (AvgIpc) is 3.16. The van der Waals surface area contributed by atoms with Gasteiger partial charge in [-0.1, -0.05) is 30.3 Å². The molecule has 6 nitrogen and oxygen atoms in total. The number of amidine groups is 2. The van der Waals surface area contributed by atoms with E-state index in [-0.39, 0.29) is 34.9 Å². The standard InChI is InChI=1S/C20H12F4N4O2S/c21-15-4-2-1-3-12(15)10-30-13-7-5-11(6-8-13)9-14-16(25)28-19(26-17(14)29)31-18(27-28)20(22,23)24/h1-9,25H,10H2. The van der Waals surface area contributed by atoms with Crippen LogP contribution in [-0.2, 0) is 11.4 Å². The number of carbonyl (C=O) groups is 1. The van der Waals surface area contributed by atoms with E-state index in [1.165, 1.54) is 12.1 Å². The van der Waals surface area contributed by atoms with Crippen molar-refractivity contribution in [1.29, 1.82) is 5.41 Å². The van der Waals surface area contributed by atoms with Crippen LogP contribution in [0, 0.1) is 11.2 Å². The molecule has 2 aliphatic heterocycles. The highest BCUT2D eigenvalue weighted by atomic mass is 32.2. The molecule has 0 spiro atoms. The molecule has 2 aromatic carbocycles. The molecule has 158 valence electrons. The monoisotopic (exact) mass is 448 g/mol. The van der Waals surface area contributed by atoms with E-state index in [0.29, 0.717) is 21.9 Å². The van der Waals surface area contributed by atoms with Crippen molar-refractivity contribution in [2.75, 3.05) is 0 Å². The third-order valence-electron chi connectivity index (χ3n) is 4.24. The number of ether oxygens (including phenoxy) is 1. The van der Waals surface area contributed by atoms with Crippen molar-refractivity contribution < 1.29 is 27.1 Å². The highest BCUT2D eigenvalue weighted by Crippen LogP contribution is 2.35. The summed E-state index contributed by atoms with van der Waals surface area (Å²) < 4.78 is 57.8. The summed E-state index contributed by atoms with van der Waals surface area (Å²) in [6.45, 7) is 0.0277. The summed E-state index contributed by atoms with van der Waals surface area (Å²) in [4.78, 5) is 15.8. The zero-order valence-electron chi connectivity index (χ0n) is 15.5. The molecule has 31 heavy (non-hydrogen) atoms. The van der Waals surface area contributed by atoms with Crippen LogP contribution in [0.2, 0.25) is 0 Å². The van der Waals surface area contributed by atoms with Crippen LogP contribution in [0.15, 0.2) is 64.2 Å². The Morgan fingerprint density at radius 1 is 1.13 bits per heavy atom. The highest BCUT2D eigenvalue weighted by Gasteiger charge is 2.46. The molecule has 0 saturated carbocycles. The molecule has 0 bridgehead atoms. The van der Waals surface area contributed by atoms with Gasteiger partial charge in [0.05, 0.1) is 5.57 Å². The number of carbonyl (C=O) groups excluding carboxylic acids is 1. The fourth-order valence-electron chi connectivity index (χ4n) is 2.71. The molecule has 0 unspecified atom stereocenters. The first kappa shape index (κ1) is 20.8. The molecule has 2 heterocycles. The number of rotatable bonds is 4. The van der Waals surface area contributed by atoms with Gasteiger partial charge in [0.15, 0.2) is 5.84 Å². The fraction of sp³-hybridized carbons (Fsp3) is 0.100. The highest BCUT2D eigenvalue weighted by molar-refractivity contribution is 8.27. The predicted molar refractivity (Wildman–Crippen MR) is 108 cm³/mol. The molecular weight excluding hydrogens is 436 g/mol. The Morgan fingerprint density at radius 2 is 1.84 bits per heavy atom. The van der Waals surface area contributed by atoms with E-state index in [2.05, 4.69) is 10.1 Å². The molecule has 2 aliphatic rings. The molecule has 0 radical (unpaired) electrons. The van der Waals surface area contributed by atoms with E-state index in [9.17, 15) is 22.4 Å². The minimum atomic E-state index is -4.70. The van der Waals surface area contributed by atoms with Crippen molar-refractivity contribution in [3.8, 4) is 5.75 Å². The lowest BCUT2D eigenvalue weighted by atomic mass is 10.1. The van der Waals surface area contributed by atoms with Gasteiger partial charge in [0.1, 0.15) is 18.2 Å². The maximum Gasteiger partial charge on any atom is 0.441 e. The third kappa shape index (κ3) is 4.36. The van der Waals surface area contributed by atoms with Gasteiger partial charge in [0.25, 0.3) is 5.91 Å². The van der Waals surface area contributed by atoms with E-state index in [4.69, 9.17) is 10.1 Å². The Morgan fingerprint density at radius 3 is 2.52 bits per heavy atom. The van der Waals surface area contributed by atoms with Crippen molar-refractivity contribution in [1.82, 2.24) is 5.01 Å². The van der Waals surface area contributed by atoms with Crippen molar-refractivity contribution >= 4 is 39.8 Å². The number of nitrogens with one attached hydrogen (secondary N) is 1. The Hall–Kier alpha value is -3.47. The Bertz CT molecular complexity index is 1160. The SMILES string of the molecule is N=C1C(=Cc2ccc(OCc3ccccc3F)cc2)C(=O)N=C2SC(C(F)(F)F)=NN12. The Labute approximate surface area is 177 Å². The summed E-state index contributed by atoms with van der Waals surface area (Å²) in [5.74, 6) is -1.26. The average molecular weight is 448 g/mol. The van der Waals surface area contributed by atoms with Gasteiger partial charge in [0, 0.05) is 5.56 Å². The molecule has 2 aromatic rings. The number of fused-ring (bicyclic) bond motifs is 1. The molecule has 0 aliphatic carbocycles. The summed E-state index contributed by atoms with van der Waals surface area (Å²) in [7, 11) is 0. The van der Waals surface area contributed by atoms with E-state index in [0.717, 1.165) is 0 Å². The minimum absolute atomic E-state index is 0.0277. The van der Waals surface area contributed by atoms with Gasteiger partial charge in [-0.2, -0.15) is 28.3 Å². The van der Waals surface area contributed by atoms with Crippen molar-refractivity contribution in [3.05, 3.63) is 71.0 Å². The summed E-state index contributed by atoms with van der Waals surface area (Å²) in [5, 5.41) is 10.6. The molecule has 0 saturated heterocycles. The summed E-state index contributed by atoms with van der Waals surface area (Å²) in [6.07, 6.45) is -3.37. The molecule has 1 amide bonds. The number of nitrogens with zero attached hydrogens (tertiary/aromatic N) is 3. The van der Waals surface area contributed by atoms with Gasteiger partial charge in [-0.15, -0.1) is 0 Å². The molecule has 11 heteroatoms. The van der Waals surface area contributed by atoms with Gasteiger partial charge < -0.3 is 4.74 Å². The molecule has 0 fully saturated rings. The van der Waals surface area contributed by atoms with Gasteiger partial charge in [-0.3, -0.25) is 10.2 Å². The first-order valence-electron chi connectivity index (χ1n) is 8.76. The molecular formula is C20H12F4N4O2S. The first-order chi connectivity index (χ1) is 14.7. The van der Waals surface area contributed by atoms with Gasteiger partial charge in [-0.05, 0) is 41.6 Å². The van der Waals surface area contributed by atoms with Crippen molar-refractivity contribution in [2.24, 2.45) is 10.1 Å². The van der Waals surface area contributed by atoms with E-state index in [1.807, 2.05) is 0 Å². The van der Waals surface area contributed by atoms with Gasteiger partial charge in [-0.25, -0.2) is 4.39 Å². The lowest BCUT2D eigenvalue weighted by Crippen LogP contribution is -2.35. The quantitative estimate of drug-likeness (QED) is 0.549. The van der Waals surface area contributed by atoms with Crippen LogP contribution in [-0.4, -0.2) is 33.1 Å². The summed E-state index contributed by atoms with van der Waals surface area (Å²) >= 11 is 0.193. The third-order valence-corrected chi connectivity index (χ3v) is 5.19. The summed E-state index contributed by atoms with van der Waals surface area (Å²) in [6, 6.07) is 12.6. The van der Waals surface area contributed by atoms with Gasteiger partial charge >= 0.3 is 6.18 Å². The number of amides is 1. The van der Waals surface area contributed by atoms with Crippen LogP contribution in [0.3, 0.4) is 0 Å². The number of hydrogen-bond donors (Lipinski definition) is 1. The maximum absolute atomic E-state index is 13.6. The fourth-order valence-corrected chi connectivity index (χ4v) is 3.47. The number of aliphatic imine (C=N–C) groups is 1. The zero-order chi connectivity index (χ0) is 22.2. The minimum Gasteiger partial charge on any atom is -0.489 e. The normalized spacial score (nSPS) is 17.5. The van der Waals surface area contributed by atoms with E-state index < -0.39 is 23.0 Å². The van der Waals surface area contributed by atoms with Crippen LogP contribution < -0.4 is 4.74 Å². The van der Waals surface area contributed by atoms with Gasteiger partial charge in [0.2, 0.25) is 10.2 Å². The van der Waals surface area contributed by atoms with Crippen LogP contribution >= 0.6 is 11.8 Å². The van der Waals surface area contributed by atoms with Crippen LogP contribution in [0.25, 0.3) is 6.08 Å². The maximum atomic E-state index is 13.6. The zero-order valence-corrected chi connectivity index (χ0v) is 16.3. The van der Waals surface area contributed by atoms with E-state index in [1.54, 1.807) is 42.5 Å². The van der Waals surface area contributed by atoms with Crippen LogP contribution in [0.1, 0.15) is 11.1 Å². The second-order valence-electron chi connectivity index (χ2n) is 6.37. The number of hydrazone groups is 1. The molecule has 0 aromatic heterocycles. The van der Waals surface area contributed by atoms with Crippen LogP contribution in [0.5, 0.6) is 5.75 Å². The summed E-state index contributed by atoms with van der Waals surface area (Å²) in [5.41, 5.74) is 0.694. The second-order valence-corrected chi connectivity index (χ2v) is 7.33. The Balaban J connectivity index is 1.50. The predicted octanol–water partition coefficient (Wildman–Crippen LogP) is 4.59. The number of halogens is 4. The smallest absolute Gasteiger partial charge is 0.441 e. The van der Waals surface area contributed by atoms with Crippen molar-refractivity contribution in [3.63, 3.8) is 0 Å². The number of alkyl halides is 3. The molecule has 0 atom stereocenters. The second kappa shape index (κ2) is 7.99. The molecule has 4 rings (SSSR count). The van der Waals surface area contributed by atoms with Crippen LogP contribution in [0.4, 0.5) is 17.6 Å². The molecule has 1 N–H and O–H groups in total. The lowest BCUT2D eigenvalue weighted by molar-refractivity contribution is -0.114. The largest absolute Gasteiger partial charge is 0.489 e. The topological polar surface area (TPSA) is 78.1 Å². The van der Waals surface area contributed by atoms with E-state index >= 15 is 0 Å². The van der Waals surface area contributed by atoms with Crippen molar-refractivity contribution in [2.45, 2.75) is 12.8 Å².